The number of nitrogens with zero attached hydrogens (tertiary/aromatic N) is 5. The first-order chi connectivity index (χ1) is 24.6. The molecule has 1 aliphatic heterocycles. The second-order valence-electron chi connectivity index (χ2n) is 14.4. The SMILES string of the molecule is CC(C)(C)c1cc(Oc2[c-]c(-c3cc(C(C)(C)c4ccccc4)ccn3)ccc2)[c-]c(N2[CH-]n3nc(-c4ccccc4)nc3-c3ccccc32)c1.[Pt]. The van der Waals surface area contributed by atoms with Crippen molar-refractivity contribution in [2.75, 3.05) is 4.90 Å². The number of benzene rings is 5. The van der Waals surface area contributed by atoms with Gasteiger partial charge in [0.05, 0.1) is 0 Å². The molecule has 3 heterocycles. The quantitative estimate of drug-likeness (QED) is 0.150. The van der Waals surface area contributed by atoms with Crippen molar-refractivity contribution in [3.05, 3.63) is 169 Å². The number of rotatable bonds is 7. The molecule has 52 heavy (non-hydrogen) atoms. The molecule has 7 heteroatoms. The van der Waals surface area contributed by atoms with Crippen LogP contribution in [0.3, 0.4) is 0 Å². The summed E-state index contributed by atoms with van der Waals surface area (Å²) in [5, 5.41) is 4.89. The second-order valence-corrected chi connectivity index (χ2v) is 14.4. The predicted octanol–water partition coefficient (Wildman–Crippen LogP) is 10.8. The van der Waals surface area contributed by atoms with Crippen LogP contribution < -0.4 is 9.64 Å². The molecule has 0 saturated heterocycles. The Morgan fingerprint density at radius 2 is 1.40 bits per heavy atom. The fourth-order valence-corrected chi connectivity index (χ4v) is 6.44. The molecule has 0 amide bonds. The molecule has 0 bridgehead atoms. The van der Waals surface area contributed by atoms with Crippen molar-refractivity contribution < 1.29 is 25.8 Å². The van der Waals surface area contributed by atoms with Crippen molar-refractivity contribution in [3.63, 3.8) is 0 Å². The van der Waals surface area contributed by atoms with Gasteiger partial charge in [0.2, 0.25) is 0 Å². The van der Waals surface area contributed by atoms with Gasteiger partial charge in [0.15, 0.2) is 5.82 Å². The van der Waals surface area contributed by atoms with Gasteiger partial charge >= 0.3 is 0 Å². The van der Waals surface area contributed by atoms with Crippen LogP contribution in [0, 0.1) is 18.8 Å². The zero-order valence-electron chi connectivity index (χ0n) is 29.7. The number of para-hydroxylation sites is 1. The molecule has 5 aromatic carbocycles. The van der Waals surface area contributed by atoms with Gasteiger partial charge in [-0.3, -0.25) is 0 Å². The van der Waals surface area contributed by atoms with Crippen LogP contribution in [-0.4, -0.2) is 19.7 Å². The maximum Gasteiger partial charge on any atom is 0.160 e. The van der Waals surface area contributed by atoms with Crippen LogP contribution in [0.1, 0.15) is 51.3 Å². The summed E-state index contributed by atoms with van der Waals surface area (Å²) in [6.45, 7) is 13.1. The minimum absolute atomic E-state index is 0. The van der Waals surface area contributed by atoms with Gasteiger partial charge in [-0.05, 0) is 39.9 Å². The first-order valence-electron chi connectivity index (χ1n) is 17.2. The Balaban J connectivity index is 0.00000420. The largest absolute Gasteiger partial charge is 0.503 e. The number of hydrogen-bond acceptors (Lipinski definition) is 5. The van der Waals surface area contributed by atoms with E-state index >= 15 is 0 Å². The van der Waals surface area contributed by atoms with Gasteiger partial charge in [-0.25, -0.2) is 0 Å². The summed E-state index contributed by atoms with van der Waals surface area (Å²) in [7, 11) is 0. The molecular formula is C45H38N5OPt-3. The zero-order valence-corrected chi connectivity index (χ0v) is 32.0. The van der Waals surface area contributed by atoms with E-state index in [-0.39, 0.29) is 31.9 Å². The molecule has 0 radical (unpaired) electrons. The molecule has 2 aromatic heterocycles. The van der Waals surface area contributed by atoms with Gasteiger partial charge in [0.25, 0.3) is 0 Å². The van der Waals surface area contributed by atoms with E-state index in [1.54, 1.807) is 0 Å². The van der Waals surface area contributed by atoms with Crippen LogP contribution in [0.25, 0.3) is 34.0 Å². The summed E-state index contributed by atoms with van der Waals surface area (Å²) >= 11 is 0. The zero-order chi connectivity index (χ0) is 35.2. The molecule has 0 fully saturated rings. The molecule has 6 nitrogen and oxygen atoms in total. The maximum atomic E-state index is 6.58. The van der Waals surface area contributed by atoms with Gasteiger partial charge in [0.1, 0.15) is 0 Å². The van der Waals surface area contributed by atoms with E-state index in [0.717, 1.165) is 45.1 Å². The summed E-state index contributed by atoms with van der Waals surface area (Å²) in [5.41, 5.74) is 8.67. The standard InChI is InChI=1S/C45H38N5O.Pt/c1-44(2,3)35-26-36(49-30-50-43(39-21-12-13-22-41(39)49)47-42(48-50)31-15-8-6-9-16-31)29-38(27-35)51-37-20-14-17-32(25-37)40-28-34(23-24-46-40)45(4,5)33-18-10-7-11-19-33;/h6-24,26-28,30H,1-5H3;/q-3;. The summed E-state index contributed by atoms with van der Waals surface area (Å²) in [6, 6.07) is 50.3. The molecule has 0 unspecified atom stereocenters. The molecule has 0 aliphatic carbocycles. The summed E-state index contributed by atoms with van der Waals surface area (Å²) in [5.74, 6) is 2.65. The Labute approximate surface area is 320 Å². The van der Waals surface area contributed by atoms with E-state index in [2.05, 4.69) is 112 Å². The molecule has 0 atom stereocenters. The Hall–Kier alpha value is -5.45. The van der Waals surface area contributed by atoms with Crippen molar-refractivity contribution in [1.29, 1.82) is 0 Å². The number of aromatic nitrogens is 4. The van der Waals surface area contributed by atoms with Crippen molar-refractivity contribution in [2.45, 2.75) is 45.4 Å². The van der Waals surface area contributed by atoms with E-state index in [4.69, 9.17) is 19.8 Å². The number of hydrogen-bond donors (Lipinski definition) is 0. The molecule has 262 valence electrons. The van der Waals surface area contributed by atoms with E-state index in [1.165, 1.54) is 11.1 Å². The second kappa shape index (κ2) is 13.9. The molecule has 7 aromatic rings. The van der Waals surface area contributed by atoms with Gasteiger partial charge < -0.3 is 24.3 Å². The van der Waals surface area contributed by atoms with Gasteiger partial charge in [-0.2, -0.15) is 5.10 Å². The summed E-state index contributed by atoms with van der Waals surface area (Å²) < 4.78 is 8.43. The van der Waals surface area contributed by atoms with Gasteiger partial charge in [-0.1, -0.05) is 138 Å². The van der Waals surface area contributed by atoms with Crippen molar-refractivity contribution >= 4 is 11.4 Å². The number of ether oxygens (including phenoxy) is 1. The molecule has 0 saturated carbocycles. The molecular weight excluding hydrogens is 822 g/mol. The minimum atomic E-state index is -0.188. The van der Waals surface area contributed by atoms with Crippen LogP contribution in [0.2, 0.25) is 0 Å². The topological polar surface area (TPSA) is 56.1 Å². The Kier molecular flexibility index (Phi) is 9.37. The Bertz CT molecular complexity index is 2340. The smallest absolute Gasteiger partial charge is 0.160 e. The molecule has 8 rings (SSSR count). The van der Waals surface area contributed by atoms with E-state index in [0.29, 0.717) is 17.3 Å². The van der Waals surface area contributed by atoms with Gasteiger partial charge in [0, 0.05) is 61.3 Å². The summed E-state index contributed by atoms with van der Waals surface area (Å²) in [4.78, 5) is 11.8. The third kappa shape index (κ3) is 6.79. The fourth-order valence-electron chi connectivity index (χ4n) is 6.44. The number of anilines is 2. The molecule has 0 N–H and O–H groups in total. The average Bonchev–Trinajstić information content (AvgIpc) is 3.60. The summed E-state index contributed by atoms with van der Waals surface area (Å²) in [6.07, 6.45) is 1.87. The van der Waals surface area contributed by atoms with Crippen LogP contribution >= 0.6 is 0 Å². The van der Waals surface area contributed by atoms with Crippen LogP contribution in [0.5, 0.6) is 11.5 Å². The third-order valence-electron chi connectivity index (χ3n) is 9.49. The van der Waals surface area contributed by atoms with Crippen LogP contribution in [0.4, 0.5) is 11.4 Å². The Morgan fingerprint density at radius 1 is 0.673 bits per heavy atom. The minimum Gasteiger partial charge on any atom is -0.503 e. The third-order valence-corrected chi connectivity index (χ3v) is 9.49. The normalized spacial score (nSPS) is 12.3. The first-order valence-corrected chi connectivity index (χ1v) is 17.2. The number of fused-ring (bicyclic) bond motifs is 3. The van der Waals surface area contributed by atoms with E-state index in [9.17, 15) is 0 Å². The van der Waals surface area contributed by atoms with E-state index < -0.39 is 0 Å². The van der Waals surface area contributed by atoms with Crippen molar-refractivity contribution in [2.24, 2.45) is 0 Å². The fraction of sp³-hybridized carbons (Fsp3) is 0.156. The monoisotopic (exact) mass is 859 g/mol. The number of pyridine rings is 1. The molecule has 1 aliphatic rings. The maximum absolute atomic E-state index is 6.58. The molecule has 0 spiro atoms. The average molecular weight is 860 g/mol. The van der Waals surface area contributed by atoms with Crippen molar-refractivity contribution in [3.8, 4) is 45.5 Å². The van der Waals surface area contributed by atoms with Gasteiger partial charge in [-0.15, -0.1) is 47.5 Å². The van der Waals surface area contributed by atoms with Crippen LogP contribution in [0.15, 0.2) is 134 Å². The first kappa shape index (κ1) is 35.0. The van der Waals surface area contributed by atoms with Crippen molar-refractivity contribution in [1.82, 2.24) is 19.7 Å². The predicted molar refractivity (Wildman–Crippen MR) is 204 cm³/mol. The van der Waals surface area contributed by atoms with Crippen LogP contribution in [-0.2, 0) is 31.9 Å². The Morgan fingerprint density at radius 3 is 2.17 bits per heavy atom. The van der Waals surface area contributed by atoms with E-state index in [1.807, 2.05) is 84.3 Å².